The lowest BCUT2D eigenvalue weighted by Crippen LogP contribution is -2.58. The molecule has 0 aromatic carbocycles. The molecule has 5 nitrogen and oxygen atoms in total. The van der Waals surface area contributed by atoms with Crippen LogP contribution < -0.4 is 5.73 Å². The molecule has 0 aliphatic carbocycles. The molecule has 3 N–H and O–H groups in total. The maximum absolute atomic E-state index is 9.46. The Labute approximate surface area is 105 Å². The summed E-state index contributed by atoms with van der Waals surface area (Å²) in [4.78, 5) is 4.73. The van der Waals surface area contributed by atoms with Crippen LogP contribution >= 0.6 is 0 Å². The van der Waals surface area contributed by atoms with E-state index >= 15 is 0 Å². The molecule has 1 saturated heterocycles. The average molecular weight is 245 g/mol. The van der Waals surface area contributed by atoms with E-state index in [1.807, 2.05) is 0 Å². The quantitative estimate of drug-likeness (QED) is 0.651. The summed E-state index contributed by atoms with van der Waals surface area (Å²) < 4.78 is 5.06. The number of methoxy groups -OCH3 is 1. The SMILES string of the molecule is COCC(N)C(CO)N1CCN(C(C)C)CC1. The van der Waals surface area contributed by atoms with Crippen LogP contribution in [-0.2, 0) is 4.74 Å². The minimum Gasteiger partial charge on any atom is -0.395 e. The van der Waals surface area contributed by atoms with Crippen molar-refractivity contribution in [1.29, 1.82) is 0 Å². The van der Waals surface area contributed by atoms with E-state index in [1.54, 1.807) is 7.11 Å². The van der Waals surface area contributed by atoms with Gasteiger partial charge in [-0.1, -0.05) is 0 Å². The first-order chi connectivity index (χ1) is 8.10. The third-order valence-corrected chi connectivity index (χ3v) is 3.59. The molecule has 0 radical (unpaired) electrons. The van der Waals surface area contributed by atoms with Crippen LogP contribution in [0.2, 0.25) is 0 Å². The van der Waals surface area contributed by atoms with E-state index in [2.05, 4.69) is 23.6 Å². The van der Waals surface area contributed by atoms with Gasteiger partial charge in [-0.15, -0.1) is 0 Å². The van der Waals surface area contributed by atoms with E-state index in [1.165, 1.54) is 0 Å². The van der Waals surface area contributed by atoms with Crippen LogP contribution in [0.3, 0.4) is 0 Å². The van der Waals surface area contributed by atoms with Gasteiger partial charge in [0.2, 0.25) is 0 Å². The standard InChI is InChI=1S/C12H27N3O2/c1-10(2)14-4-6-15(7-5-14)12(8-16)11(13)9-17-3/h10-12,16H,4-9,13H2,1-3H3. The highest BCUT2D eigenvalue weighted by Gasteiger charge is 2.28. The first-order valence-electron chi connectivity index (χ1n) is 6.43. The van der Waals surface area contributed by atoms with Crippen molar-refractivity contribution in [2.75, 3.05) is 46.5 Å². The van der Waals surface area contributed by atoms with Crippen LogP contribution in [0.15, 0.2) is 0 Å². The third kappa shape index (κ3) is 4.19. The highest BCUT2D eigenvalue weighted by atomic mass is 16.5. The molecule has 0 aromatic heterocycles. The molecular formula is C12H27N3O2. The Balaban J connectivity index is 2.44. The Hall–Kier alpha value is -0.200. The largest absolute Gasteiger partial charge is 0.395 e. The predicted molar refractivity (Wildman–Crippen MR) is 69.0 cm³/mol. The molecule has 5 heteroatoms. The number of ether oxygens (including phenoxy) is 1. The van der Waals surface area contributed by atoms with Crippen molar-refractivity contribution < 1.29 is 9.84 Å². The number of aliphatic hydroxyl groups is 1. The molecule has 1 aliphatic rings. The molecule has 0 saturated carbocycles. The van der Waals surface area contributed by atoms with E-state index in [-0.39, 0.29) is 18.7 Å². The van der Waals surface area contributed by atoms with Crippen molar-refractivity contribution in [3.63, 3.8) is 0 Å². The summed E-state index contributed by atoms with van der Waals surface area (Å²) in [5.74, 6) is 0. The molecule has 0 spiro atoms. The van der Waals surface area contributed by atoms with Gasteiger partial charge < -0.3 is 15.6 Å². The first-order valence-corrected chi connectivity index (χ1v) is 6.43. The van der Waals surface area contributed by atoms with Crippen molar-refractivity contribution in [1.82, 2.24) is 9.80 Å². The maximum Gasteiger partial charge on any atom is 0.0629 e. The normalized spacial score (nSPS) is 22.9. The van der Waals surface area contributed by atoms with E-state index in [0.717, 1.165) is 26.2 Å². The van der Waals surface area contributed by atoms with Crippen molar-refractivity contribution >= 4 is 0 Å². The fraction of sp³-hybridized carbons (Fsp3) is 1.00. The van der Waals surface area contributed by atoms with Crippen LogP contribution in [0.1, 0.15) is 13.8 Å². The molecule has 1 fully saturated rings. The Morgan fingerprint density at radius 1 is 1.18 bits per heavy atom. The zero-order valence-electron chi connectivity index (χ0n) is 11.3. The van der Waals surface area contributed by atoms with Crippen molar-refractivity contribution in [2.24, 2.45) is 5.73 Å². The number of hydrogen-bond acceptors (Lipinski definition) is 5. The predicted octanol–water partition coefficient (Wildman–Crippen LogP) is -0.653. The van der Waals surface area contributed by atoms with E-state index < -0.39 is 0 Å². The molecule has 102 valence electrons. The lowest BCUT2D eigenvalue weighted by atomic mass is 10.1. The minimum absolute atomic E-state index is 0.0178. The van der Waals surface area contributed by atoms with Crippen LogP contribution in [0.4, 0.5) is 0 Å². The summed E-state index contributed by atoms with van der Waals surface area (Å²) in [5.41, 5.74) is 6.02. The fourth-order valence-corrected chi connectivity index (χ4v) is 2.41. The summed E-state index contributed by atoms with van der Waals surface area (Å²) in [7, 11) is 1.64. The van der Waals surface area contributed by atoms with Gasteiger partial charge in [0, 0.05) is 45.4 Å². The summed E-state index contributed by atoms with van der Waals surface area (Å²) in [6, 6.07) is 0.497. The van der Waals surface area contributed by atoms with Gasteiger partial charge in [0.15, 0.2) is 0 Å². The lowest BCUT2D eigenvalue weighted by Gasteiger charge is -2.41. The van der Waals surface area contributed by atoms with Crippen LogP contribution in [0, 0.1) is 0 Å². The summed E-state index contributed by atoms with van der Waals surface area (Å²) in [6.45, 7) is 9.08. The molecule has 1 heterocycles. The van der Waals surface area contributed by atoms with Crippen molar-refractivity contribution in [3.05, 3.63) is 0 Å². The lowest BCUT2D eigenvalue weighted by molar-refractivity contribution is 0.0282. The second-order valence-electron chi connectivity index (χ2n) is 5.03. The second-order valence-corrected chi connectivity index (χ2v) is 5.03. The first kappa shape index (κ1) is 14.9. The van der Waals surface area contributed by atoms with Gasteiger partial charge in [0.25, 0.3) is 0 Å². The van der Waals surface area contributed by atoms with Crippen LogP contribution in [0.5, 0.6) is 0 Å². The highest BCUT2D eigenvalue weighted by Crippen LogP contribution is 2.11. The fourth-order valence-electron chi connectivity index (χ4n) is 2.41. The zero-order chi connectivity index (χ0) is 12.8. The number of rotatable bonds is 6. The number of aliphatic hydroxyl groups excluding tert-OH is 1. The molecule has 2 unspecified atom stereocenters. The molecule has 17 heavy (non-hydrogen) atoms. The summed E-state index contributed by atoms with van der Waals surface area (Å²) in [6.07, 6.45) is 0. The van der Waals surface area contributed by atoms with Gasteiger partial charge in [-0.3, -0.25) is 9.80 Å². The number of nitrogens with two attached hydrogens (primary N) is 1. The monoisotopic (exact) mass is 245 g/mol. The van der Waals surface area contributed by atoms with Gasteiger partial charge in [-0.2, -0.15) is 0 Å². The maximum atomic E-state index is 9.46. The second kappa shape index (κ2) is 7.28. The van der Waals surface area contributed by atoms with E-state index in [0.29, 0.717) is 12.6 Å². The average Bonchev–Trinajstić information content (AvgIpc) is 2.31. The van der Waals surface area contributed by atoms with Gasteiger partial charge >= 0.3 is 0 Å². The molecule has 0 bridgehead atoms. The Bertz CT molecular complexity index is 206. The van der Waals surface area contributed by atoms with Crippen molar-refractivity contribution in [2.45, 2.75) is 32.0 Å². The number of piperazine rings is 1. The Morgan fingerprint density at radius 2 is 1.71 bits per heavy atom. The van der Waals surface area contributed by atoms with E-state index in [9.17, 15) is 5.11 Å². The molecule has 0 amide bonds. The van der Waals surface area contributed by atoms with Crippen LogP contribution in [0.25, 0.3) is 0 Å². The topological polar surface area (TPSA) is 62.0 Å². The molecular weight excluding hydrogens is 218 g/mol. The molecule has 1 rings (SSSR count). The molecule has 0 aromatic rings. The van der Waals surface area contributed by atoms with Gasteiger partial charge in [-0.25, -0.2) is 0 Å². The smallest absolute Gasteiger partial charge is 0.0629 e. The van der Waals surface area contributed by atoms with Gasteiger partial charge in [0.1, 0.15) is 0 Å². The third-order valence-electron chi connectivity index (χ3n) is 3.59. The molecule has 1 aliphatic heterocycles. The van der Waals surface area contributed by atoms with Crippen molar-refractivity contribution in [3.8, 4) is 0 Å². The van der Waals surface area contributed by atoms with Crippen LogP contribution in [-0.4, -0.2) is 79.5 Å². The van der Waals surface area contributed by atoms with Gasteiger partial charge in [0.05, 0.1) is 19.3 Å². The van der Waals surface area contributed by atoms with E-state index in [4.69, 9.17) is 10.5 Å². The van der Waals surface area contributed by atoms with Gasteiger partial charge in [-0.05, 0) is 13.8 Å². The summed E-state index contributed by atoms with van der Waals surface area (Å²) in [5, 5.41) is 9.46. The Kier molecular flexibility index (Phi) is 6.37. The number of hydrogen-bond donors (Lipinski definition) is 2. The highest BCUT2D eigenvalue weighted by molar-refractivity contribution is 4.85. The summed E-state index contributed by atoms with van der Waals surface area (Å²) >= 11 is 0. The molecule has 2 atom stereocenters. The minimum atomic E-state index is -0.115. The number of nitrogens with zero attached hydrogens (tertiary/aromatic N) is 2. The Morgan fingerprint density at radius 3 is 2.12 bits per heavy atom. The zero-order valence-corrected chi connectivity index (χ0v) is 11.3.